The summed E-state index contributed by atoms with van der Waals surface area (Å²) in [5, 5.41) is 0. The molecular formula is C38H74. The minimum Gasteiger partial charge on any atom is -0.0845 e. The van der Waals surface area contributed by atoms with Crippen LogP contribution in [0.15, 0.2) is 6.08 Å². The van der Waals surface area contributed by atoms with E-state index in [9.17, 15) is 0 Å². The van der Waals surface area contributed by atoms with Gasteiger partial charge in [-0.2, -0.15) is 0 Å². The van der Waals surface area contributed by atoms with Gasteiger partial charge in [0.1, 0.15) is 0 Å². The van der Waals surface area contributed by atoms with Gasteiger partial charge >= 0.3 is 0 Å². The third-order valence-corrected chi connectivity index (χ3v) is 8.62. The molecular weight excluding hydrogens is 456 g/mol. The van der Waals surface area contributed by atoms with E-state index in [1.165, 1.54) is 212 Å². The highest BCUT2D eigenvalue weighted by molar-refractivity contribution is 4.61. The molecule has 0 saturated heterocycles. The van der Waals surface area contributed by atoms with Crippen LogP contribution in [0.5, 0.6) is 0 Å². The second kappa shape index (κ2) is 36.7. The molecule has 2 radical (unpaired) electrons. The SMILES string of the molecule is [CH]=CCCCCCCCCCCCCCCCCCCCCCCCCCCCCCCCCCCC[CH2]. The van der Waals surface area contributed by atoms with Gasteiger partial charge in [-0.15, -0.1) is 0 Å². The maximum absolute atomic E-state index is 5.42. The lowest BCUT2D eigenvalue weighted by Crippen LogP contribution is -1.85. The average Bonchev–Trinajstić information content (AvgIpc) is 2.93. The zero-order chi connectivity index (χ0) is 27.5. The lowest BCUT2D eigenvalue weighted by atomic mass is 10.0. The van der Waals surface area contributed by atoms with Crippen LogP contribution in [0.3, 0.4) is 0 Å². The third kappa shape index (κ3) is 35.7. The molecule has 0 bridgehead atoms. The molecule has 0 amide bonds. The normalized spacial score (nSPS) is 11.4. The topological polar surface area (TPSA) is 0 Å². The van der Waals surface area contributed by atoms with Crippen molar-refractivity contribution < 1.29 is 0 Å². The first-order valence-corrected chi connectivity index (χ1v) is 18.2. The molecule has 0 heterocycles. The fourth-order valence-corrected chi connectivity index (χ4v) is 5.92. The fraction of sp³-hybridized carbons (Fsp3) is 0.921. The molecule has 0 N–H and O–H groups in total. The molecule has 0 fully saturated rings. The van der Waals surface area contributed by atoms with Crippen molar-refractivity contribution in [3.63, 3.8) is 0 Å². The largest absolute Gasteiger partial charge is 0.0845 e. The van der Waals surface area contributed by atoms with Gasteiger partial charge in [-0.1, -0.05) is 231 Å². The lowest BCUT2D eigenvalue weighted by molar-refractivity contribution is 0.511. The Bertz CT molecular complexity index is 397. The van der Waals surface area contributed by atoms with E-state index in [1.54, 1.807) is 0 Å². The quantitative estimate of drug-likeness (QED) is 0.0714. The molecule has 0 spiro atoms. The van der Waals surface area contributed by atoms with E-state index in [0.29, 0.717) is 0 Å². The third-order valence-electron chi connectivity index (χ3n) is 8.62. The van der Waals surface area contributed by atoms with Crippen LogP contribution in [-0.2, 0) is 0 Å². The van der Waals surface area contributed by atoms with E-state index < -0.39 is 0 Å². The summed E-state index contributed by atoms with van der Waals surface area (Å²) in [6, 6.07) is 0. The van der Waals surface area contributed by atoms with Crippen molar-refractivity contribution in [3.8, 4) is 0 Å². The molecule has 38 heavy (non-hydrogen) atoms. The van der Waals surface area contributed by atoms with E-state index >= 15 is 0 Å². The Hall–Kier alpha value is -0.260. The summed E-state index contributed by atoms with van der Waals surface area (Å²) in [5.74, 6) is 0. The Labute approximate surface area is 244 Å². The van der Waals surface area contributed by atoms with Gasteiger partial charge in [0, 0.05) is 0 Å². The lowest BCUT2D eigenvalue weighted by Gasteiger charge is -2.05. The first kappa shape index (κ1) is 37.7. The van der Waals surface area contributed by atoms with E-state index in [1.807, 2.05) is 6.08 Å². The highest BCUT2D eigenvalue weighted by Gasteiger charge is 1.97. The van der Waals surface area contributed by atoms with Crippen molar-refractivity contribution >= 4 is 0 Å². The summed E-state index contributed by atoms with van der Waals surface area (Å²) >= 11 is 0. The highest BCUT2D eigenvalue weighted by Crippen LogP contribution is 2.17. The monoisotopic (exact) mass is 531 g/mol. The minimum atomic E-state index is 1.10. The molecule has 0 heteroatoms. The molecule has 0 atom stereocenters. The molecule has 0 aliphatic heterocycles. The summed E-state index contributed by atoms with van der Waals surface area (Å²) in [6.45, 7) is 9.35. The summed E-state index contributed by atoms with van der Waals surface area (Å²) in [4.78, 5) is 0. The van der Waals surface area contributed by atoms with Crippen LogP contribution in [0.2, 0.25) is 0 Å². The average molecular weight is 531 g/mol. The molecule has 0 aromatic rings. The Morgan fingerprint density at radius 3 is 0.579 bits per heavy atom. The zero-order valence-electron chi connectivity index (χ0n) is 26.6. The van der Waals surface area contributed by atoms with Gasteiger partial charge in [0.15, 0.2) is 0 Å². The maximum atomic E-state index is 5.42. The summed E-state index contributed by atoms with van der Waals surface area (Å²) in [5.41, 5.74) is 0. The second-order valence-corrected chi connectivity index (χ2v) is 12.5. The molecule has 226 valence electrons. The van der Waals surface area contributed by atoms with Crippen molar-refractivity contribution in [1.29, 1.82) is 0 Å². The van der Waals surface area contributed by atoms with E-state index in [4.69, 9.17) is 6.58 Å². The Kier molecular flexibility index (Phi) is 36.5. The van der Waals surface area contributed by atoms with Crippen molar-refractivity contribution in [2.75, 3.05) is 0 Å². The molecule has 0 nitrogen and oxygen atoms in total. The second-order valence-electron chi connectivity index (χ2n) is 12.5. The fourth-order valence-electron chi connectivity index (χ4n) is 5.92. The summed E-state index contributed by atoms with van der Waals surface area (Å²) < 4.78 is 0. The van der Waals surface area contributed by atoms with E-state index in [0.717, 1.165) is 12.8 Å². The van der Waals surface area contributed by atoms with Gasteiger partial charge in [-0.05, 0) is 12.8 Å². The summed E-state index contributed by atoms with van der Waals surface area (Å²) in [6.07, 6.45) is 52.2. The van der Waals surface area contributed by atoms with Crippen LogP contribution in [0, 0.1) is 13.5 Å². The molecule has 0 aromatic carbocycles. The minimum absolute atomic E-state index is 1.10. The number of hydrogen-bond donors (Lipinski definition) is 0. The van der Waals surface area contributed by atoms with Gasteiger partial charge in [0.25, 0.3) is 0 Å². The maximum Gasteiger partial charge on any atom is -0.0348 e. The van der Waals surface area contributed by atoms with Crippen LogP contribution in [0.4, 0.5) is 0 Å². The first-order valence-electron chi connectivity index (χ1n) is 18.2. The van der Waals surface area contributed by atoms with Gasteiger partial charge < -0.3 is 0 Å². The molecule has 0 aliphatic rings. The highest BCUT2D eigenvalue weighted by atomic mass is 14.0. The van der Waals surface area contributed by atoms with E-state index in [2.05, 4.69) is 6.92 Å². The Morgan fingerprint density at radius 2 is 0.421 bits per heavy atom. The molecule has 0 saturated carbocycles. The Balaban J connectivity index is 3.01. The van der Waals surface area contributed by atoms with Crippen molar-refractivity contribution in [1.82, 2.24) is 0 Å². The number of rotatable bonds is 35. The van der Waals surface area contributed by atoms with Crippen LogP contribution in [-0.4, -0.2) is 0 Å². The van der Waals surface area contributed by atoms with Gasteiger partial charge in [0.05, 0.1) is 0 Å². The van der Waals surface area contributed by atoms with Crippen LogP contribution < -0.4 is 0 Å². The summed E-state index contributed by atoms with van der Waals surface area (Å²) in [7, 11) is 0. The molecule has 0 aromatic heterocycles. The predicted molar refractivity (Wildman–Crippen MR) is 176 cm³/mol. The molecule has 0 rings (SSSR count). The number of unbranched alkanes of at least 4 members (excludes halogenated alkanes) is 34. The number of hydrogen-bond acceptors (Lipinski definition) is 0. The van der Waals surface area contributed by atoms with Gasteiger partial charge in [-0.25, -0.2) is 0 Å². The van der Waals surface area contributed by atoms with Crippen molar-refractivity contribution in [2.24, 2.45) is 0 Å². The van der Waals surface area contributed by atoms with E-state index in [-0.39, 0.29) is 0 Å². The van der Waals surface area contributed by atoms with Crippen LogP contribution in [0.25, 0.3) is 0 Å². The number of allylic oxidation sites excluding steroid dienone is 1. The Morgan fingerprint density at radius 1 is 0.263 bits per heavy atom. The zero-order valence-corrected chi connectivity index (χ0v) is 26.6. The molecule has 0 aliphatic carbocycles. The standard InChI is InChI=1S/C38H74/c1-3-5-7-9-11-13-15-17-19-21-23-25-27-29-31-33-35-37-38-36-34-32-30-28-26-24-22-20-18-16-14-12-10-8-6-4-2/h1,3H,2,4-38H2. The van der Waals surface area contributed by atoms with Crippen molar-refractivity contribution in [3.05, 3.63) is 19.6 Å². The van der Waals surface area contributed by atoms with Crippen LogP contribution in [0.1, 0.15) is 225 Å². The predicted octanol–water partition coefficient (Wildman–Crippen LogP) is 14.5. The van der Waals surface area contributed by atoms with Crippen LogP contribution >= 0.6 is 0 Å². The van der Waals surface area contributed by atoms with Crippen molar-refractivity contribution in [2.45, 2.75) is 225 Å². The smallest absolute Gasteiger partial charge is 0.0348 e. The van der Waals surface area contributed by atoms with Gasteiger partial charge in [0.2, 0.25) is 0 Å². The van der Waals surface area contributed by atoms with Gasteiger partial charge in [-0.3, -0.25) is 0 Å². The molecule has 0 unspecified atom stereocenters. The first-order chi connectivity index (χ1) is 18.9.